The zero-order valence-corrected chi connectivity index (χ0v) is 31.7. The fraction of sp³-hybridized carbons (Fsp3) is 0.759. The molecule has 6 heterocycles. The summed E-state index contributed by atoms with van der Waals surface area (Å²) in [6, 6.07) is -4.48. The van der Waals surface area contributed by atoms with Crippen molar-refractivity contribution in [2.45, 2.75) is 76.2 Å². The molecule has 7 amide bonds. The van der Waals surface area contributed by atoms with Crippen LogP contribution in [0, 0.1) is 11.8 Å². The Balaban J connectivity index is 0.000000218. The summed E-state index contributed by atoms with van der Waals surface area (Å²) in [7, 11) is -9.69. The Hall–Kier alpha value is -4.21. The monoisotopic (exact) mass is 824 g/mol. The van der Waals surface area contributed by atoms with Gasteiger partial charge in [0.15, 0.2) is 11.6 Å². The second-order valence-electron chi connectivity index (χ2n) is 14.8. The molecule has 0 unspecified atom stereocenters. The minimum Gasteiger partial charge on any atom is -0.444 e. The minimum atomic E-state index is -4.87. The van der Waals surface area contributed by atoms with Gasteiger partial charge < -0.3 is 35.4 Å². The standard InChI is InChI=1S/C17H26N4O9S.C12H18N4O7S/c1-17(2,3)29-16(25)19-7-10(8-19)13(22)6-18-14(23)12-5-4-11-9-20(12)15(24)21(11)30-31(26,27)28;17-10(7-3-13-4-7)5-14-11(18)9-2-1-8-6-15(9)12(19)16(8)23-24(20,21)22/h10-12H,4-9H2,1-3H3,(H,18,23)(H,26,27,28);7-9,13H,1-6H2,(H,14,18)(H,20,21,22)/t11-,12+;8-,9+/m11/s1. The summed E-state index contributed by atoms with van der Waals surface area (Å²) in [6.07, 6.45) is 0.694. The van der Waals surface area contributed by atoms with Gasteiger partial charge in [0.1, 0.15) is 17.7 Å². The number of hydrogen-bond donors (Lipinski definition) is 5. The van der Waals surface area contributed by atoms with Crippen LogP contribution in [0.3, 0.4) is 0 Å². The highest BCUT2D eigenvalue weighted by atomic mass is 32.3. The Morgan fingerprint density at radius 3 is 1.49 bits per heavy atom. The summed E-state index contributed by atoms with van der Waals surface area (Å²) in [5.41, 5.74) is -0.631. The van der Waals surface area contributed by atoms with Gasteiger partial charge in [0.25, 0.3) is 0 Å². The molecule has 24 nitrogen and oxygen atoms in total. The van der Waals surface area contributed by atoms with Crippen LogP contribution < -0.4 is 16.0 Å². The molecule has 6 fully saturated rings. The van der Waals surface area contributed by atoms with E-state index in [9.17, 15) is 50.4 Å². The molecule has 308 valence electrons. The van der Waals surface area contributed by atoms with Gasteiger partial charge in [-0.3, -0.25) is 28.3 Å². The van der Waals surface area contributed by atoms with Gasteiger partial charge in [0.2, 0.25) is 11.8 Å². The van der Waals surface area contributed by atoms with Gasteiger partial charge in [0, 0.05) is 45.2 Å². The Kier molecular flexibility index (Phi) is 12.3. The Labute approximate surface area is 315 Å². The molecule has 0 saturated carbocycles. The number of hydrogen-bond acceptors (Lipinski definition) is 15. The average molecular weight is 825 g/mol. The molecule has 0 radical (unpaired) electrons. The van der Waals surface area contributed by atoms with Crippen LogP contribution in [0.4, 0.5) is 14.4 Å². The third-order valence-corrected chi connectivity index (χ3v) is 10.4. The number of likely N-dealkylation sites (tertiary alicyclic amines) is 1. The fourth-order valence-corrected chi connectivity index (χ4v) is 7.53. The molecule has 0 spiro atoms. The highest BCUT2D eigenvalue weighted by Gasteiger charge is 2.51. The number of urea groups is 2. The van der Waals surface area contributed by atoms with E-state index in [4.69, 9.17) is 13.8 Å². The van der Waals surface area contributed by atoms with Crippen molar-refractivity contribution in [1.82, 2.24) is 40.8 Å². The number of ketones is 2. The van der Waals surface area contributed by atoms with Crippen LogP contribution in [0.2, 0.25) is 0 Å². The molecule has 6 aliphatic heterocycles. The molecule has 5 N–H and O–H groups in total. The lowest BCUT2D eigenvalue weighted by Crippen LogP contribution is -2.56. The Morgan fingerprint density at radius 1 is 0.709 bits per heavy atom. The predicted molar refractivity (Wildman–Crippen MR) is 180 cm³/mol. The number of carbonyl (C=O) groups excluding carboxylic acids is 7. The molecular weight excluding hydrogens is 780 g/mol. The number of ether oxygens (including phenoxy) is 1. The number of hydroxylamine groups is 4. The van der Waals surface area contributed by atoms with E-state index in [-0.39, 0.29) is 69.6 Å². The summed E-state index contributed by atoms with van der Waals surface area (Å²) in [6.45, 7) is 6.69. The SMILES string of the molecule is CC(C)(C)OC(=O)N1CC(C(=O)CNC(=O)[C@@H]2CC[C@@H]3CN2C(=O)N3OS(=O)(=O)O)C1.O=C(CNC(=O)[C@@H]1CC[C@@H]2CN1C(=O)N2OS(=O)(=O)O)C1CNC1. The molecular formula is C29H44N8O16S2. The highest BCUT2D eigenvalue weighted by Crippen LogP contribution is 2.32. The quantitative estimate of drug-likeness (QED) is 0.126. The van der Waals surface area contributed by atoms with Gasteiger partial charge >= 0.3 is 39.0 Å². The molecule has 55 heavy (non-hydrogen) atoms. The van der Waals surface area contributed by atoms with Crippen molar-refractivity contribution in [3.05, 3.63) is 0 Å². The van der Waals surface area contributed by atoms with Crippen LogP contribution in [0.25, 0.3) is 0 Å². The second kappa shape index (κ2) is 16.1. The van der Waals surface area contributed by atoms with Crippen LogP contribution in [0.15, 0.2) is 0 Å². The molecule has 6 rings (SSSR count). The second-order valence-corrected chi connectivity index (χ2v) is 16.8. The number of amides is 7. The smallest absolute Gasteiger partial charge is 0.418 e. The fourth-order valence-electron chi connectivity index (χ4n) is 6.76. The van der Waals surface area contributed by atoms with Gasteiger partial charge in [0.05, 0.1) is 31.1 Å². The van der Waals surface area contributed by atoms with E-state index < -0.39 is 86.5 Å². The maximum Gasteiger partial charge on any atom is 0.418 e. The molecule has 0 aromatic heterocycles. The van der Waals surface area contributed by atoms with E-state index in [0.29, 0.717) is 36.1 Å². The van der Waals surface area contributed by atoms with Crippen LogP contribution in [0.5, 0.6) is 0 Å². The molecule has 6 aliphatic rings. The molecule has 6 saturated heterocycles. The Morgan fingerprint density at radius 2 is 1.13 bits per heavy atom. The first-order chi connectivity index (χ1) is 25.5. The molecule has 4 bridgehead atoms. The lowest BCUT2D eigenvalue weighted by Gasteiger charge is -2.39. The van der Waals surface area contributed by atoms with Gasteiger partial charge in [-0.15, -0.1) is 8.57 Å². The minimum absolute atomic E-state index is 0.0634. The van der Waals surface area contributed by atoms with Crippen molar-refractivity contribution in [3.63, 3.8) is 0 Å². The topological polar surface area (TPSA) is 308 Å². The molecule has 0 aromatic carbocycles. The summed E-state index contributed by atoms with van der Waals surface area (Å²) in [5.74, 6) is -1.82. The van der Waals surface area contributed by atoms with E-state index in [2.05, 4.69) is 24.5 Å². The van der Waals surface area contributed by atoms with Crippen molar-refractivity contribution in [2.24, 2.45) is 11.8 Å². The predicted octanol–water partition coefficient (Wildman–Crippen LogP) is -2.56. The third kappa shape index (κ3) is 10.4. The highest BCUT2D eigenvalue weighted by molar-refractivity contribution is 7.81. The molecule has 0 aromatic rings. The first kappa shape index (κ1) is 41.9. The number of rotatable bonds is 12. The summed E-state index contributed by atoms with van der Waals surface area (Å²) in [5, 5.41) is 9.13. The first-order valence-corrected chi connectivity index (χ1v) is 20.1. The van der Waals surface area contributed by atoms with Crippen molar-refractivity contribution in [2.75, 3.05) is 52.4 Å². The largest absolute Gasteiger partial charge is 0.444 e. The zero-order chi connectivity index (χ0) is 40.6. The van der Waals surface area contributed by atoms with E-state index in [1.807, 2.05) is 0 Å². The summed E-state index contributed by atoms with van der Waals surface area (Å²) < 4.78 is 74.8. The van der Waals surface area contributed by atoms with Crippen LogP contribution in [-0.2, 0) is 53.3 Å². The number of carbonyl (C=O) groups is 7. The lowest BCUT2D eigenvalue weighted by molar-refractivity contribution is -0.132. The van der Waals surface area contributed by atoms with Gasteiger partial charge in [-0.1, -0.05) is 0 Å². The number of fused-ring (bicyclic) bond motifs is 4. The van der Waals surface area contributed by atoms with Crippen molar-refractivity contribution >= 4 is 62.3 Å². The van der Waals surface area contributed by atoms with E-state index in [1.165, 1.54) is 9.80 Å². The number of nitrogens with one attached hydrogen (secondary N) is 3. The number of Topliss-reactive ketones (excluding diaryl/α,β-unsaturated/α-hetero) is 2. The van der Waals surface area contributed by atoms with E-state index in [0.717, 1.165) is 4.90 Å². The van der Waals surface area contributed by atoms with E-state index >= 15 is 0 Å². The summed E-state index contributed by atoms with van der Waals surface area (Å²) >= 11 is 0. The van der Waals surface area contributed by atoms with E-state index in [1.54, 1.807) is 20.8 Å². The molecule has 26 heteroatoms. The molecule has 0 aliphatic carbocycles. The normalized spacial score (nSPS) is 25.4. The zero-order valence-electron chi connectivity index (χ0n) is 30.1. The first-order valence-electron chi connectivity index (χ1n) is 17.3. The van der Waals surface area contributed by atoms with Gasteiger partial charge in [-0.25, -0.2) is 14.4 Å². The van der Waals surface area contributed by atoms with Crippen molar-refractivity contribution in [3.8, 4) is 0 Å². The third-order valence-electron chi connectivity index (χ3n) is 9.70. The number of nitrogens with zero attached hydrogens (tertiary/aromatic N) is 5. The number of piperidine rings is 2. The van der Waals surface area contributed by atoms with Crippen LogP contribution in [-0.4, -0.2) is 174 Å². The maximum atomic E-state index is 12.5. The average Bonchev–Trinajstić information content (AvgIpc) is 3.38. The van der Waals surface area contributed by atoms with Crippen LogP contribution >= 0.6 is 0 Å². The Bertz CT molecular complexity index is 1800. The van der Waals surface area contributed by atoms with Crippen molar-refractivity contribution in [1.29, 1.82) is 0 Å². The maximum absolute atomic E-state index is 12.5. The van der Waals surface area contributed by atoms with Gasteiger partial charge in [-0.05, 0) is 46.5 Å². The van der Waals surface area contributed by atoms with Crippen LogP contribution in [0.1, 0.15) is 46.5 Å². The summed E-state index contributed by atoms with van der Waals surface area (Å²) in [4.78, 5) is 89.0. The molecule has 4 atom stereocenters. The van der Waals surface area contributed by atoms with Gasteiger partial charge in [-0.2, -0.15) is 27.0 Å². The van der Waals surface area contributed by atoms with Crippen molar-refractivity contribution < 1.29 is 72.8 Å². The lowest BCUT2D eigenvalue weighted by atomic mass is 9.95.